The molecule has 1 amide bonds. The van der Waals surface area contributed by atoms with Gasteiger partial charge in [0.1, 0.15) is 0 Å². The number of hydrogen-bond acceptors (Lipinski definition) is 5. The van der Waals surface area contributed by atoms with E-state index in [1.54, 1.807) is 13.0 Å². The van der Waals surface area contributed by atoms with Crippen LogP contribution in [0.25, 0.3) is 0 Å². The molecule has 0 saturated carbocycles. The lowest BCUT2D eigenvalue weighted by atomic mass is 10.1. The number of aryl methyl sites for hydroxylation is 2. The van der Waals surface area contributed by atoms with E-state index in [1.807, 2.05) is 6.92 Å². The van der Waals surface area contributed by atoms with Crippen molar-refractivity contribution in [2.45, 2.75) is 37.1 Å². The summed E-state index contributed by atoms with van der Waals surface area (Å²) in [6.07, 6.45) is -0.502. The first-order valence-electron chi connectivity index (χ1n) is 8.07. The van der Waals surface area contributed by atoms with Gasteiger partial charge in [-0.2, -0.15) is 4.31 Å². The molecule has 0 spiro atoms. The fourth-order valence-corrected chi connectivity index (χ4v) is 6.21. The Labute approximate surface area is 149 Å². The summed E-state index contributed by atoms with van der Waals surface area (Å²) in [6, 6.07) is 0.775. The number of rotatable bonds is 3. The zero-order chi connectivity index (χ0) is 18.4. The molecular weight excluding hydrogens is 372 g/mol. The Morgan fingerprint density at radius 2 is 1.92 bits per heavy atom. The third-order valence-corrected chi connectivity index (χ3v) is 7.69. The summed E-state index contributed by atoms with van der Waals surface area (Å²) in [5, 5.41) is 2.55. The van der Waals surface area contributed by atoms with E-state index in [0.717, 1.165) is 9.75 Å². The Kier molecular flexibility index (Phi) is 4.91. The monoisotopic (exact) mass is 393 g/mol. The van der Waals surface area contributed by atoms with Gasteiger partial charge in [-0.25, -0.2) is 17.2 Å². The van der Waals surface area contributed by atoms with Crippen molar-refractivity contribution < 1.29 is 22.0 Å². The predicted octanol–water partition coefficient (Wildman–Crippen LogP) is 1.20. The number of thiophene rings is 1. The lowest BCUT2D eigenvalue weighted by Gasteiger charge is -2.35. The Bertz CT molecular complexity index is 771. The number of nitrogens with one attached hydrogen (secondary N) is 1. The minimum absolute atomic E-state index is 0.172. The van der Waals surface area contributed by atoms with Gasteiger partial charge in [0.25, 0.3) is 5.92 Å². The van der Waals surface area contributed by atoms with Crippen LogP contribution in [0.4, 0.5) is 8.78 Å². The molecule has 0 radical (unpaired) electrons. The van der Waals surface area contributed by atoms with Crippen LogP contribution < -0.4 is 5.32 Å². The van der Waals surface area contributed by atoms with Crippen LogP contribution in [-0.4, -0.2) is 68.2 Å². The second-order valence-corrected chi connectivity index (χ2v) is 9.87. The van der Waals surface area contributed by atoms with Gasteiger partial charge in [0, 0.05) is 42.4 Å². The number of piperazine rings is 1. The zero-order valence-electron chi connectivity index (χ0n) is 14.1. The number of carbonyl (C=O) groups excluding carboxylic acids is 1. The fourth-order valence-electron chi connectivity index (χ4n) is 3.26. The molecule has 1 aromatic rings. The molecule has 25 heavy (non-hydrogen) atoms. The van der Waals surface area contributed by atoms with Gasteiger partial charge in [-0.05, 0) is 19.9 Å². The lowest BCUT2D eigenvalue weighted by molar-refractivity contribution is -0.134. The molecular formula is C15H21F2N3O3S2. The van der Waals surface area contributed by atoms with Crippen LogP contribution in [0.3, 0.4) is 0 Å². The van der Waals surface area contributed by atoms with Crippen molar-refractivity contribution in [3.63, 3.8) is 0 Å². The highest BCUT2D eigenvalue weighted by molar-refractivity contribution is 7.89. The zero-order valence-corrected chi connectivity index (χ0v) is 15.7. The lowest BCUT2D eigenvalue weighted by Crippen LogP contribution is -2.54. The molecule has 6 nitrogen and oxygen atoms in total. The summed E-state index contributed by atoms with van der Waals surface area (Å²) >= 11 is 1.43. The maximum atomic E-state index is 13.2. The molecule has 0 bridgehead atoms. The number of hydrogen-bond donors (Lipinski definition) is 1. The topological polar surface area (TPSA) is 69.7 Å². The quantitative estimate of drug-likeness (QED) is 0.838. The molecule has 2 aliphatic rings. The van der Waals surface area contributed by atoms with Crippen LogP contribution in [0.2, 0.25) is 0 Å². The van der Waals surface area contributed by atoms with Gasteiger partial charge >= 0.3 is 0 Å². The number of sulfonamides is 1. The molecule has 1 atom stereocenters. The highest BCUT2D eigenvalue weighted by atomic mass is 32.2. The van der Waals surface area contributed by atoms with Crippen LogP contribution >= 0.6 is 11.3 Å². The minimum atomic E-state index is -3.59. The average Bonchev–Trinajstić information content (AvgIpc) is 3.08. The smallest absolute Gasteiger partial charge is 0.262 e. The summed E-state index contributed by atoms with van der Waals surface area (Å²) in [5.41, 5.74) is 0. The van der Waals surface area contributed by atoms with Crippen molar-refractivity contribution in [1.82, 2.24) is 14.5 Å². The van der Waals surface area contributed by atoms with Crippen molar-refractivity contribution in [1.29, 1.82) is 0 Å². The molecule has 2 saturated heterocycles. The normalized spacial score (nSPS) is 24.6. The van der Waals surface area contributed by atoms with Crippen LogP contribution in [-0.2, 0) is 14.8 Å². The van der Waals surface area contributed by atoms with E-state index in [9.17, 15) is 22.0 Å². The molecule has 0 aliphatic carbocycles. The standard InChI is InChI=1S/C15H21F2N3O3S2/c1-10-7-13(11(2)24-10)25(22,23)20-5-3-19(4-6-20)14(21)12-8-15(16,17)9-18-12/h7,12,18H,3-6,8-9H2,1-2H3. The minimum Gasteiger partial charge on any atom is -0.339 e. The first-order valence-corrected chi connectivity index (χ1v) is 10.3. The van der Waals surface area contributed by atoms with Gasteiger partial charge in [-0.15, -0.1) is 11.3 Å². The van der Waals surface area contributed by atoms with Gasteiger partial charge in [0.2, 0.25) is 15.9 Å². The van der Waals surface area contributed by atoms with E-state index in [2.05, 4.69) is 5.32 Å². The Morgan fingerprint density at radius 3 is 2.40 bits per heavy atom. The van der Waals surface area contributed by atoms with E-state index in [1.165, 1.54) is 20.5 Å². The molecule has 1 aromatic heterocycles. The Morgan fingerprint density at radius 1 is 1.28 bits per heavy atom. The van der Waals surface area contributed by atoms with Gasteiger partial charge in [-0.3, -0.25) is 10.1 Å². The molecule has 2 fully saturated rings. The van der Waals surface area contributed by atoms with Gasteiger partial charge < -0.3 is 4.90 Å². The molecule has 10 heteroatoms. The Hall–Kier alpha value is -1.10. The molecule has 140 valence electrons. The third-order valence-electron chi connectivity index (χ3n) is 4.57. The highest BCUT2D eigenvalue weighted by Gasteiger charge is 2.44. The number of alkyl halides is 2. The van der Waals surface area contributed by atoms with E-state index in [-0.39, 0.29) is 32.1 Å². The van der Waals surface area contributed by atoms with E-state index in [4.69, 9.17) is 0 Å². The first-order chi connectivity index (χ1) is 11.6. The summed E-state index contributed by atoms with van der Waals surface area (Å²) in [5.74, 6) is -3.24. The van der Waals surface area contributed by atoms with Crippen molar-refractivity contribution in [2.75, 3.05) is 32.7 Å². The first kappa shape index (κ1) is 18.7. The van der Waals surface area contributed by atoms with Crippen LogP contribution in [0, 0.1) is 13.8 Å². The summed E-state index contributed by atoms with van der Waals surface area (Å²) in [7, 11) is -3.59. The number of nitrogens with zero attached hydrogens (tertiary/aromatic N) is 2. The van der Waals surface area contributed by atoms with Crippen molar-refractivity contribution in [3.05, 3.63) is 15.8 Å². The maximum absolute atomic E-state index is 13.2. The SMILES string of the molecule is Cc1cc(S(=O)(=O)N2CCN(C(=O)C3CC(F)(F)CN3)CC2)c(C)s1. The second-order valence-electron chi connectivity index (χ2n) is 6.50. The number of amides is 1. The van der Waals surface area contributed by atoms with Gasteiger partial charge in [-0.1, -0.05) is 0 Å². The van der Waals surface area contributed by atoms with E-state index < -0.39 is 35.0 Å². The molecule has 3 heterocycles. The maximum Gasteiger partial charge on any atom is 0.262 e. The number of carbonyl (C=O) groups is 1. The van der Waals surface area contributed by atoms with Crippen molar-refractivity contribution >= 4 is 27.3 Å². The fraction of sp³-hybridized carbons (Fsp3) is 0.667. The van der Waals surface area contributed by atoms with Gasteiger partial charge in [0.15, 0.2) is 0 Å². The second kappa shape index (κ2) is 6.57. The van der Waals surface area contributed by atoms with Crippen LogP contribution in [0.5, 0.6) is 0 Å². The van der Waals surface area contributed by atoms with Crippen molar-refractivity contribution in [3.8, 4) is 0 Å². The number of halogens is 2. The molecule has 1 N–H and O–H groups in total. The summed E-state index contributed by atoms with van der Waals surface area (Å²) in [4.78, 5) is 15.8. The van der Waals surface area contributed by atoms with Gasteiger partial charge in [0.05, 0.1) is 17.5 Å². The molecule has 2 aliphatic heterocycles. The van der Waals surface area contributed by atoms with E-state index >= 15 is 0 Å². The molecule has 1 unspecified atom stereocenters. The third kappa shape index (κ3) is 3.71. The van der Waals surface area contributed by atoms with E-state index in [0.29, 0.717) is 4.90 Å². The largest absolute Gasteiger partial charge is 0.339 e. The van der Waals surface area contributed by atoms with Crippen molar-refractivity contribution in [2.24, 2.45) is 0 Å². The average molecular weight is 393 g/mol. The van der Waals surface area contributed by atoms with Crippen LogP contribution in [0.15, 0.2) is 11.0 Å². The van der Waals surface area contributed by atoms with Crippen LogP contribution in [0.1, 0.15) is 16.2 Å². The summed E-state index contributed by atoms with van der Waals surface area (Å²) < 4.78 is 53.4. The molecule has 0 aromatic carbocycles. The highest BCUT2D eigenvalue weighted by Crippen LogP contribution is 2.29. The predicted molar refractivity (Wildman–Crippen MR) is 90.5 cm³/mol. The Balaban J connectivity index is 1.64. The molecule has 3 rings (SSSR count). The summed E-state index contributed by atoms with van der Waals surface area (Å²) in [6.45, 7) is 3.91.